The molecule has 0 bridgehead atoms. The van der Waals surface area contributed by atoms with Crippen LogP contribution in [0, 0.1) is 5.82 Å². The number of halogens is 2. The summed E-state index contributed by atoms with van der Waals surface area (Å²) in [5.74, 6) is -2.72. The maximum Gasteiger partial charge on any atom is 0.314 e. The number of phenolic OH excluding ortho intramolecular Hbond substituents is 1. The lowest BCUT2D eigenvalue weighted by molar-refractivity contribution is -0.143. The zero-order valence-corrected chi connectivity index (χ0v) is 12.0. The number of benzene rings is 1. The second-order valence-electron chi connectivity index (χ2n) is 4.70. The molecule has 0 radical (unpaired) electrons. The second-order valence-corrected chi connectivity index (χ2v) is 5.55. The molecule has 1 aromatic rings. The molecular weight excluding hydrogens is 319 g/mol. The molecule has 2 N–H and O–H groups in total. The predicted octanol–water partition coefficient (Wildman–Crippen LogP) is 3.20. The van der Waals surface area contributed by atoms with E-state index >= 15 is 0 Å². The van der Waals surface area contributed by atoms with E-state index in [1.807, 2.05) is 0 Å². The van der Waals surface area contributed by atoms with Gasteiger partial charge < -0.3 is 14.9 Å². The topological polar surface area (TPSA) is 66.8 Å². The molecule has 0 saturated heterocycles. The van der Waals surface area contributed by atoms with Crippen molar-refractivity contribution in [3.05, 3.63) is 21.9 Å². The summed E-state index contributed by atoms with van der Waals surface area (Å²) >= 11 is 3.14. The van der Waals surface area contributed by atoms with Gasteiger partial charge in [-0.1, -0.05) is 12.8 Å². The number of phenols is 1. The third kappa shape index (κ3) is 2.08. The Morgan fingerprint density at radius 3 is 2.53 bits per heavy atom. The van der Waals surface area contributed by atoms with Crippen molar-refractivity contribution in [1.82, 2.24) is 0 Å². The van der Waals surface area contributed by atoms with Gasteiger partial charge in [0.15, 0.2) is 11.5 Å². The number of hydrogen-bond donors (Lipinski definition) is 2. The smallest absolute Gasteiger partial charge is 0.314 e. The highest BCUT2D eigenvalue weighted by molar-refractivity contribution is 9.10. The van der Waals surface area contributed by atoms with Gasteiger partial charge in [0, 0.05) is 5.56 Å². The lowest BCUT2D eigenvalue weighted by Crippen LogP contribution is -2.32. The summed E-state index contributed by atoms with van der Waals surface area (Å²) in [6.45, 7) is 0. The SMILES string of the molecule is COc1c(Br)cc(C2(C(=O)O)CCCC2)c(O)c1F. The number of carbonyl (C=O) groups is 1. The first kappa shape index (κ1) is 14.1. The largest absolute Gasteiger partial charge is 0.505 e. The average molecular weight is 333 g/mol. The van der Waals surface area contributed by atoms with E-state index in [1.54, 1.807) is 0 Å². The summed E-state index contributed by atoms with van der Waals surface area (Å²) in [7, 11) is 1.28. The van der Waals surface area contributed by atoms with Gasteiger partial charge in [0.25, 0.3) is 0 Å². The Balaban J connectivity index is 2.65. The highest BCUT2D eigenvalue weighted by atomic mass is 79.9. The number of methoxy groups -OCH3 is 1. The van der Waals surface area contributed by atoms with Crippen molar-refractivity contribution in [2.24, 2.45) is 0 Å². The molecule has 0 amide bonds. The van der Waals surface area contributed by atoms with Gasteiger partial charge in [0.1, 0.15) is 0 Å². The zero-order chi connectivity index (χ0) is 14.2. The van der Waals surface area contributed by atoms with E-state index in [1.165, 1.54) is 13.2 Å². The predicted molar refractivity (Wildman–Crippen MR) is 70.1 cm³/mol. The van der Waals surface area contributed by atoms with E-state index in [0.29, 0.717) is 17.3 Å². The summed E-state index contributed by atoms with van der Waals surface area (Å²) < 4.78 is 19.1. The fourth-order valence-electron chi connectivity index (χ4n) is 2.72. The summed E-state index contributed by atoms with van der Waals surface area (Å²) in [5.41, 5.74) is -1.10. The molecule has 4 nitrogen and oxygen atoms in total. The summed E-state index contributed by atoms with van der Waals surface area (Å²) in [4.78, 5) is 11.6. The summed E-state index contributed by atoms with van der Waals surface area (Å²) in [5, 5.41) is 19.4. The Morgan fingerprint density at radius 2 is 2.05 bits per heavy atom. The maximum atomic E-state index is 14.0. The molecule has 104 valence electrons. The molecule has 0 heterocycles. The Hall–Kier alpha value is -1.30. The van der Waals surface area contributed by atoms with Crippen molar-refractivity contribution in [2.45, 2.75) is 31.1 Å². The minimum Gasteiger partial charge on any atom is -0.505 e. The quantitative estimate of drug-likeness (QED) is 0.891. The first-order chi connectivity index (χ1) is 8.94. The van der Waals surface area contributed by atoms with Gasteiger partial charge in [-0.15, -0.1) is 0 Å². The molecule has 1 aromatic carbocycles. The molecule has 1 saturated carbocycles. The van der Waals surface area contributed by atoms with Gasteiger partial charge in [0.05, 0.1) is 17.0 Å². The Labute approximate surface area is 118 Å². The molecule has 0 aliphatic heterocycles. The molecule has 0 unspecified atom stereocenters. The zero-order valence-electron chi connectivity index (χ0n) is 10.4. The van der Waals surface area contributed by atoms with Crippen LogP contribution in [0.15, 0.2) is 10.5 Å². The van der Waals surface area contributed by atoms with Crippen molar-refractivity contribution < 1.29 is 24.1 Å². The van der Waals surface area contributed by atoms with Gasteiger partial charge in [-0.3, -0.25) is 4.79 Å². The van der Waals surface area contributed by atoms with Crippen LogP contribution >= 0.6 is 15.9 Å². The lowest BCUT2D eigenvalue weighted by atomic mass is 9.78. The monoisotopic (exact) mass is 332 g/mol. The summed E-state index contributed by atoms with van der Waals surface area (Å²) in [6.07, 6.45) is 2.29. The van der Waals surface area contributed by atoms with Crippen molar-refractivity contribution in [2.75, 3.05) is 7.11 Å². The number of aromatic hydroxyl groups is 1. The molecule has 1 fully saturated rings. The van der Waals surface area contributed by atoms with E-state index in [2.05, 4.69) is 15.9 Å². The van der Waals surface area contributed by atoms with Crippen LogP contribution < -0.4 is 4.74 Å². The summed E-state index contributed by atoms with van der Waals surface area (Å²) in [6, 6.07) is 1.44. The van der Waals surface area contributed by atoms with E-state index in [9.17, 15) is 19.4 Å². The van der Waals surface area contributed by atoms with Crippen LogP contribution in [0.5, 0.6) is 11.5 Å². The average Bonchev–Trinajstić information content (AvgIpc) is 2.85. The van der Waals surface area contributed by atoms with Crippen molar-refractivity contribution in [3.8, 4) is 11.5 Å². The van der Waals surface area contributed by atoms with Gasteiger partial charge in [-0.25, -0.2) is 0 Å². The van der Waals surface area contributed by atoms with Crippen LogP contribution in [0.2, 0.25) is 0 Å². The van der Waals surface area contributed by atoms with Crippen molar-refractivity contribution in [3.63, 3.8) is 0 Å². The first-order valence-corrected chi connectivity index (χ1v) is 6.72. The van der Waals surface area contributed by atoms with Crippen LogP contribution in [-0.4, -0.2) is 23.3 Å². The minimum atomic E-state index is -1.21. The fraction of sp³-hybridized carbons (Fsp3) is 0.462. The van der Waals surface area contributed by atoms with Crippen LogP contribution in [-0.2, 0) is 10.2 Å². The normalized spacial score (nSPS) is 17.4. The molecule has 2 rings (SSSR count). The van der Waals surface area contributed by atoms with Crippen molar-refractivity contribution in [1.29, 1.82) is 0 Å². The molecular formula is C13H14BrFO4. The number of carboxylic acid groups (broad SMARTS) is 1. The number of rotatable bonds is 3. The molecule has 19 heavy (non-hydrogen) atoms. The number of ether oxygens (including phenoxy) is 1. The van der Waals surface area contributed by atoms with E-state index in [4.69, 9.17) is 4.74 Å². The molecule has 1 aliphatic carbocycles. The number of aliphatic carboxylic acids is 1. The third-order valence-electron chi connectivity index (χ3n) is 3.74. The van der Waals surface area contributed by atoms with Gasteiger partial charge >= 0.3 is 5.97 Å². The molecule has 0 spiro atoms. The number of carboxylic acids is 1. The van der Waals surface area contributed by atoms with Crippen LogP contribution in [0.3, 0.4) is 0 Å². The van der Waals surface area contributed by atoms with E-state index < -0.39 is 23.0 Å². The fourth-order valence-corrected chi connectivity index (χ4v) is 3.28. The Kier molecular flexibility index (Phi) is 3.71. The second kappa shape index (κ2) is 5.00. The first-order valence-electron chi connectivity index (χ1n) is 5.93. The Morgan fingerprint density at radius 1 is 1.47 bits per heavy atom. The highest BCUT2D eigenvalue weighted by Gasteiger charge is 2.45. The van der Waals surface area contributed by atoms with Crippen molar-refractivity contribution >= 4 is 21.9 Å². The molecule has 0 atom stereocenters. The van der Waals surface area contributed by atoms with E-state index in [0.717, 1.165) is 12.8 Å². The minimum absolute atomic E-state index is 0.114. The highest BCUT2D eigenvalue weighted by Crippen LogP contribution is 2.48. The van der Waals surface area contributed by atoms with E-state index in [-0.39, 0.29) is 11.3 Å². The molecule has 0 aromatic heterocycles. The Bertz CT molecular complexity index is 524. The van der Waals surface area contributed by atoms with Gasteiger partial charge in [0.2, 0.25) is 5.82 Å². The molecule has 6 heteroatoms. The van der Waals surface area contributed by atoms with Crippen LogP contribution in [0.25, 0.3) is 0 Å². The van der Waals surface area contributed by atoms with Crippen LogP contribution in [0.4, 0.5) is 4.39 Å². The third-order valence-corrected chi connectivity index (χ3v) is 4.33. The molecule has 1 aliphatic rings. The number of hydrogen-bond acceptors (Lipinski definition) is 3. The maximum absolute atomic E-state index is 14.0. The standard InChI is InChI=1S/C13H14BrFO4/c1-19-11-8(14)6-7(10(16)9(11)15)13(12(17)18)4-2-3-5-13/h6,16H,2-5H2,1H3,(H,17,18). The van der Waals surface area contributed by atoms with Gasteiger partial charge in [-0.2, -0.15) is 4.39 Å². The van der Waals surface area contributed by atoms with Crippen LogP contribution in [0.1, 0.15) is 31.2 Å². The van der Waals surface area contributed by atoms with Gasteiger partial charge in [-0.05, 0) is 34.8 Å². The lowest BCUT2D eigenvalue weighted by Gasteiger charge is -2.26.